The molecule has 0 saturated heterocycles. The highest BCUT2D eigenvalue weighted by molar-refractivity contribution is 7.16. The van der Waals surface area contributed by atoms with Gasteiger partial charge in [0.15, 0.2) is 0 Å². The molecule has 0 aliphatic carbocycles. The molecule has 0 atom stereocenters. The average molecular weight is 553 g/mol. The molecule has 0 fully saturated rings. The summed E-state index contributed by atoms with van der Waals surface area (Å²) in [7, 11) is 0. The van der Waals surface area contributed by atoms with Gasteiger partial charge in [0.1, 0.15) is 10.0 Å². The van der Waals surface area contributed by atoms with Gasteiger partial charge >= 0.3 is 0 Å². The van der Waals surface area contributed by atoms with Crippen LogP contribution in [0, 0.1) is 25.7 Å². The third-order valence-corrected chi connectivity index (χ3v) is 8.71. The Morgan fingerprint density at radius 1 is 0.425 bits per heavy atom. The van der Waals surface area contributed by atoms with Gasteiger partial charge in [-0.15, -0.1) is 22.7 Å². The van der Waals surface area contributed by atoms with Crippen LogP contribution in [0.4, 0.5) is 32.8 Å². The lowest BCUT2D eigenvalue weighted by atomic mass is 10.2. The SMILES string of the molecule is Cc1sc(N(c2ccccc2)c2ccccc2)cc1C#Cc1cc(N(c2ccccc2)c2ccccc2)sc1C. The zero-order chi connectivity index (χ0) is 27.3. The number of benzene rings is 4. The van der Waals surface area contributed by atoms with Crippen molar-refractivity contribution < 1.29 is 0 Å². The summed E-state index contributed by atoms with van der Waals surface area (Å²) in [5.41, 5.74) is 6.66. The fraction of sp³-hybridized carbons (Fsp3) is 0.0556. The first-order valence-electron chi connectivity index (χ1n) is 13.2. The van der Waals surface area contributed by atoms with E-state index in [0.717, 1.165) is 43.9 Å². The van der Waals surface area contributed by atoms with Crippen molar-refractivity contribution in [2.45, 2.75) is 13.8 Å². The molecule has 0 aliphatic rings. The van der Waals surface area contributed by atoms with Crippen LogP contribution in [0.2, 0.25) is 0 Å². The van der Waals surface area contributed by atoms with Crippen molar-refractivity contribution in [3.05, 3.63) is 154 Å². The molecule has 2 heterocycles. The highest BCUT2D eigenvalue weighted by atomic mass is 32.1. The molecule has 0 bridgehead atoms. The van der Waals surface area contributed by atoms with Gasteiger partial charge in [0, 0.05) is 43.6 Å². The zero-order valence-corrected chi connectivity index (χ0v) is 24.0. The molecule has 2 nitrogen and oxygen atoms in total. The first-order valence-corrected chi connectivity index (χ1v) is 14.8. The van der Waals surface area contributed by atoms with E-state index >= 15 is 0 Å². The van der Waals surface area contributed by atoms with Gasteiger partial charge in [-0.3, -0.25) is 0 Å². The number of para-hydroxylation sites is 4. The van der Waals surface area contributed by atoms with Crippen LogP contribution in [0.1, 0.15) is 20.9 Å². The highest BCUT2D eigenvalue weighted by Crippen LogP contribution is 2.41. The van der Waals surface area contributed by atoms with Crippen molar-refractivity contribution in [1.29, 1.82) is 0 Å². The van der Waals surface area contributed by atoms with Gasteiger partial charge in [-0.05, 0) is 74.5 Å². The van der Waals surface area contributed by atoms with Crippen molar-refractivity contribution in [3.63, 3.8) is 0 Å². The molecule has 40 heavy (non-hydrogen) atoms. The first kappa shape index (κ1) is 25.7. The molecule has 194 valence electrons. The van der Waals surface area contributed by atoms with Crippen molar-refractivity contribution in [2.75, 3.05) is 9.80 Å². The number of hydrogen-bond acceptors (Lipinski definition) is 4. The van der Waals surface area contributed by atoms with Gasteiger partial charge in [-0.2, -0.15) is 0 Å². The van der Waals surface area contributed by atoms with Crippen molar-refractivity contribution in [2.24, 2.45) is 0 Å². The molecule has 0 radical (unpaired) electrons. The minimum atomic E-state index is 1.06. The number of thiophene rings is 2. The van der Waals surface area contributed by atoms with Crippen molar-refractivity contribution >= 4 is 55.4 Å². The van der Waals surface area contributed by atoms with E-state index in [2.05, 4.69) is 169 Å². The minimum Gasteiger partial charge on any atom is -0.302 e. The van der Waals surface area contributed by atoms with Crippen LogP contribution in [0.15, 0.2) is 133 Å². The minimum absolute atomic E-state index is 1.06. The Labute approximate surface area is 244 Å². The largest absolute Gasteiger partial charge is 0.302 e. The van der Waals surface area contributed by atoms with Crippen LogP contribution >= 0.6 is 22.7 Å². The second-order valence-corrected chi connectivity index (χ2v) is 11.8. The van der Waals surface area contributed by atoms with Crippen LogP contribution in [-0.2, 0) is 0 Å². The fourth-order valence-electron chi connectivity index (χ4n) is 4.65. The van der Waals surface area contributed by atoms with E-state index in [1.807, 2.05) is 0 Å². The van der Waals surface area contributed by atoms with Crippen molar-refractivity contribution in [3.8, 4) is 11.8 Å². The van der Waals surface area contributed by atoms with Crippen LogP contribution in [0.25, 0.3) is 0 Å². The fourth-order valence-corrected chi connectivity index (χ4v) is 6.68. The lowest BCUT2D eigenvalue weighted by Crippen LogP contribution is -2.07. The standard InChI is InChI=1S/C36H28N2S2/c1-27-29(25-35(39-27)37(31-15-7-3-8-16-31)32-17-9-4-10-18-32)23-24-30-26-36(40-28(30)2)38(33-19-11-5-12-20-33)34-21-13-6-14-22-34/h3-22,25-26H,1-2H3. The van der Waals surface area contributed by atoms with E-state index in [4.69, 9.17) is 0 Å². The average Bonchev–Trinajstić information content (AvgIpc) is 3.55. The summed E-state index contributed by atoms with van der Waals surface area (Å²) in [5, 5.41) is 2.31. The van der Waals surface area contributed by atoms with Crippen molar-refractivity contribution in [1.82, 2.24) is 0 Å². The predicted molar refractivity (Wildman–Crippen MR) is 173 cm³/mol. The number of anilines is 6. The maximum absolute atomic E-state index is 3.50. The normalized spacial score (nSPS) is 10.6. The topological polar surface area (TPSA) is 6.48 Å². The number of hydrogen-bond donors (Lipinski definition) is 0. The van der Waals surface area contributed by atoms with Gasteiger partial charge in [0.2, 0.25) is 0 Å². The molecule has 0 N–H and O–H groups in total. The third kappa shape index (κ3) is 5.44. The molecule has 0 unspecified atom stereocenters. The molecule has 2 aromatic heterocycles. The zero-order valence-electron chi connectivity index (χ0n) is 22.4. The van der Waals surface area contributed by atoms with Gasteiger partial charge in [0.05, 0.1) is 0 Å². The summed E-state index contributed by atoms with van der Waals surface area (Å²) < 4.78 is 0. The monoisotopic (exact) mass is 552 g/mol. The summed E-state index contributed by atoms with van der Waals surface area (Å²) in [6.07, 6.45) is 0. The van der Waals surface area contributed by atoms with Gasteiger partial charge in [-0.25, -0.2) is 0 Å². The second kappa shape index (κ2) is 11.7. The molecule has 0 amide bonds. The van der Waals surface area contributed by atoms with E-state index in [0.29, 0.717) is 0 Å². The van der Waals surface area contributed by atoms with Crippen LogP contribution in [-0.4, -0.2) is 0 Å². The van der Waals surface area contributed by atoms with Gasteiger partial charge in [-0.1, -0.05) is 84.6 Å². The van der Waals surface area contributed by atoms with Crippen LogP contribution < -0.4 is 9.80 Å². The number of rotatable bonds is 6. The molecule has 6 rings (SSSR count). The summed E-state index contributed by atoms with van der Waals surface area (Å²) in [4.78, 5) is 7.02. The molecular weight excluding hydrogens is 525 g/mol. The Morgan fingerprint density at radius 3 is 0.975 bits per heavy atom. The quantitative estimate of drug-likeness (QED) is 0.190. The molecule has 0 spiro atoms. The summed E-state index contributed by atoms with van der Waals surface area (Å²) in [5.74, 6) is 7.00. The lowest BCUT2D eigenvalue weighted by Gasteiger charge is -2.23. The van der Waals surface area contributed by atoms with Gasteiger partial charge < -0.3 is 9.80 Å². The van der Waals surface area contributed by atoms with E-state index in [9.17, 15) is 0 Å². The van der Waals surface area contributed by atoms with Crippen LogP contribution in [0.3, 0.4) is 0 Å². The Bertz CT molecular complexity index is 1550. The van der Waals surface area contributed by atoms with E-state index in [1.165, 1.54) is 9.75 Å². The molecule has 4 heteroatoms. The highest BCUT2D eigenvalue weighted by Gasteiger charge is 2.17. The molecule has 0 aliphatic heterocycles. The molecular formula is C36H28N2S2. The maximum Gasteiger partial charge on any atom is 0.101 e. The summed E-state index contributed by atoms with van der Waals surface area (Å²) >= 11 is 3.55. The molecule has 4 aromatic carbocycles. The Morgan fingerprint density at radius 2 is 0.700 bits per heavy atom. The van der Waals surface area contributed by atoms with Gasteiger partial charge in [0.25, 0.3) is 0 Å². The lowest BCUT2D eigenvalue weighted by molar-refractivity contribution is 1.31. The van der Waals surface area contributed by atoms with E-state index < -0.39 is 0 Å². The molecule has 6 aromatic rings. The van der Waals surface area contributed by atoms with E-state index in [1.54, 1.807) is 22.7 Å². The molecule has 0 saturated carbocycles. The Kier molecular flexibility index (Phi) is 7.50. The smallest absolute Gasteiger partial charge is 0.101 e. The summed E-state index contributed by atoms with van der Waals surface area (Å²) in [6.45, 7) is 4.32. The third-order valence-electron chi connectivity index (χ3n) is 6.64. The first-order chi connectivity index (χ1) is 19.7. The number of aryl methyl sites for hydroxylation is 2. The number of nitrogens with zero attached hydrogens (tertiary/aromatic N) is 2. The van der Waals surface area contributed by atoms with Crippen LogP contribution in [0.5, 0.6) is 0 Å². The Hall–Kier alpha value is -4.56. The van der Waals surface area contributed by atoms with E-state index in [-0.39, 0.29) is 0 Å². The maximum atomic E-state index is 3.50. The summed E-state index contributed by atoms with van der Waals surface area (Å²) in [6, 6.07) is 46.5. The Balaban J connectivity index is 1.35. The predicted octanol–water partition coefficient (Wildman–Crippen LogP) is 10.8. The second-order valence-electron chi connectivity index (χ2n) is 9.37.